The average molecular weight is 593 g/mol. The lowest BCUT2D eigenvalue weighted by atomic mass is 10.0. The van der Waals surface area contributed by atoms with Gasteiger partial charge < -0.3 is 10.4 Å². The number of carbonyl (C=O) groups excluding carboxylic acids is 1. The first kappa shape index (κ1) is 30.5. The summed E-state index contributed by atoms with van der Waals surface area (Å²) in [5.74, 6) is -2.85. The zero-order valence-corrected chi connectivity index (χ0v) is 21.7. The molecule has 2 N–H and O–H groups in total. The molecule has 3 aromatic rings. The van der Waals surface area contributed by atoms with Crippen molar-refractivity contribution in [1.82, 2.24) is 10.2 Å². The van der Waals surface area contributed by atoms with E-state index in [0.29, 0.717) is 22.0 Å². The van der Waals surface area contributed by atoms with Crippen LogP contribution in [0.5, 0.6) is 0 Å². The summed E-state index contributed by atoms with van der Waals surface area (Å²) in [6.07, 6.45) is -7.89. The minimum atomic E-state index is -5.08. The third-order valence-corrected chi connectivity index (χ3v) is 7.13. The van der Waals surface area contributed by atoms with Crippen LogP contribution in [0.3, 0.4) is 0 Å². The maximum atomic E-state index is 12.9. The fraction of sp³-hybridized carbons (Fsp3) is 0.308. The molecule has 13 heteroatoms. The average Bonchev–Trinajstić information content (AvgIpc) is 3.36. The second-order valence-corrected chi connectivity index (χ2v) is 10.2. The fourth-order valence-electron chi connectivity index (χ4n) is 3.85. The molecule has 4 rings (SSSR count). The second-order valence-electron chi connectivity index (χ2n) is 8.70. The van der Waals surface area contributed by atoms with Crippen LogP contribution >= 0.6 is 22.9 Å². The van der Waals surface area contributed by atoms with Gasteiger partial charge in [-0.3, -0.25) is 9.69 Å². The quantitative estimate of drug-likeness (QED) is 0.310. The molecule has 0 unspecified atom stereocenters. The third kappa shape index (κ3) is 9.26. The lowest BCUT2D eigenvalue weighted by Gasteiger charge is -2.32. The molecule has 1 aliphatic rings. The van der Waals surface area contributed by atoms with E-state index in [1.165, 1.54) is 23.5 Å². The van der Waals surface area contributed by atoms with Gasteiger partial charge in [-0.1, -0.05) is 41.9 Å². The number of rotatable bonds is 5. The number of halogens is 7. The largest absolute Gasteiger partial charge is 0.490 e. The summed E-state index contributed by atoms with van der Waals surface area (Å²) in [5.41, 5.74) is 1.00. The van der Waals surface area contributed by atoms with Gasteiger partial charge in [-0.15, -0.1) is 11.3 Å². The number of benzene rings is 2. The molecule has 0 radical (unpaired) electrons. The number of nitrogens with one attached hydrogen (secondary N) is 1. The predicted octanol–water partition coefficient (Wildman–Crippen LogP) is 7.12. The first-order valence-corrected chi connectivity index (χ1v) is 12.8. The Bertz CT molecular complexity index is 1290. The second kappa shape index (κ2) is 12.8. The van der Waals surface area contributed by atoms with Crippen LogP contribution in [-0.2, 0) is 17.5 Å². The van der Waals surface area contributed by atoms with Crippen LogP contribution in [0, 0.1) is 0 Å². The number of carbonyl (C=O) groups is 2. The number of carboxylic acids is 1. The smallest absolute Gasteiger partial charge is 0.475 e. The Morgan fingerprint density at radius 3 is 2.21 bits per heavy atom. The van der Waals surface area contributed by atoms with Gasteiger partial charge in [0.2, 0.25) is 0 Å². The van der Waals surface area contributed by atoms with Crippen LogP contribution in [-0.4, -0.2) is 47.2 Å². The summed E-state index contributed by atoms with van der Waals surface area (Å²) < 4.78 is 70.5. The van der Waals surface area contributed by atoms with Gasteiger partial charge in [0, 0.05) is 35.6 Å². The predicted molar refractivity (Wildman–Crippen MR) is 136 cm³/mol. The highest BCUT2D eigenvalue weighted by Gasteiger charge is 2.38. The highest BCUT2D eigenvalue weighted by atomic mass is 35.5. The Kier molecular flexibility index (Phi) is 10.0. The maximum absolute atomic E-state index is 12.9. The van der Waals surface area contributed by atoms with E-state index in [4.69, 9.17) is 21.5 Å². The molecule has 5 nitrogen and oxygen atoms in total. The molecule has 1 aliphatic heterocycles. The Hall–Kier alpha value is -3.09. The van der Waals surface area contributed by atoms with Crippen molar-refractivity contribution in [3.05, 3.63) is 81.7 Å². The van der Waals surface area contributed by atoms with Crippen molar-refractivity contribution in [1.29, 1.82) is 0 Å². The number of hydrogen-bond acceptors (Lipinski definition) is 4. The van der Waals surface area contributed by atoms with Gasteiger partial charge in [-0.2, -0.15) is 26.3 Å². The number of likely N-dealkylation sites (tertiary alicyclic amines) is 1. The van der Waals surface area contributed by atoms with Gasteiger partial charge in [0.15, 0.2) is 0 Å². The molecule has 0 spiro atoms. The topological polar surface area (TPSA) is 69.6 Å². The zero-order valence-electron chi connectivity index (χ0n) is 20.2. The van der Waals surface area contributed by atoms with E-state index >= 15 is 0 Å². The molecule has 210 valence electrons. The molecule has 2 aromatic carbocycles. The molecule has 1 fully saturated rings. The number of carboxylic acid groups (broad SMARTS) is 1. The van der Waals surface area contributed by atoms with E-state index in [1.54, 1.807) is 6.07 Å². The number of amides is 1. The number of alkyl halides is 6. The van der Waals surface area contributed by atoms with E-state index in [2.05, 4.69) is 10.2 Å². The van der Waals surface area contributed by atoms with Crippen molar-refractivity contribution in [2.24, 2.45) is 0 Å². The standard InChI is InChI=1S/C24H22ClF3N2OS.C2HF3O2/c25-19-6-2-4-17(14-19)21-7-8-22(32-21)23(31)29-20-9-11-30(12-10-20)15-16-3-1-5-18(13-16)24(26,27)28;3-2(4,5)1(6)7/h1-8,13-14,20H,9-12,15H2,(H,29,31);(H,6,7). The van der Waals surface area contributed by atoms with E-state index in [-0.39, 0.29) is 11.9 Å². The Labute approximate surface area is 229 Å². The fourth-order valence-corrected chi connectivity index (χ4v) is 4.95. The van der Waals surface area contributed by atoms with Crippen molar-refractivity contribution in [3.63, 3.8) is 0 Å². The van der Waals surface area contributed by atoms with Gasteiger partial charge in [0.1, 0.15) is 0 Å². The molecule has 1 aromatic heterocycles. The molecule has 39 heavy (non-hydrogen) atoms. The minimum absolute atomic E-state index is 0.0528. The van der Waals surface area contributed by atoms with Gasteiger partial charge in [-0.25, -0.2) is 4.79 Å². The summed E-state index contributed by atoms with van der Waals surface area (Å²) in [6, 6.07) is 16.8. The zero-order chi connectivity index (χ0) is 28.8. The van der Waals surface area contributed by atoms with Crippen LogP contribution < -0.4 is 5.32 Å². The normalized spacial score (nSPS) is 14.8. The van der Waals surface area contributed by atoms with Crippen LogP contribution in [0.2, 0.25) is 5.02 Å². The van der Waals surface area contributed by atoms with Gasteiger partial charge in [0.25, 0.3) is 5.91 Å². The van der Waals surface area contributed by atoms with Gasteiger partial charge in [0.05, 0.1) is 10.4 Å². The van der Waals surface area contributed by atoms with Crippen molar-refractivity contribution in [2.75, 3.05) is 13.1 Å². The number of aliphatic carboxylic acids is 1. The molecule has 0 bridgehead atoms. The van der Waals surface area contributed by atoms with Gasteiger partial charge >= 0.3 is 18.3 Å². The van der Waals surface area contributed by atoms with Crippen LogP contribution in [0.4, 0.5) is 26.3 Å². The number of thiophene rings is 1. The molecule has 1 amide bonds. The van der Waals surface area contributed by atoms with Gasteiger partial charge in [-0.05, 0) is 54.3 Å². The van der Waals surface area contributed by atoms with Crippen molar-refractivity contribution >= 4 is 34.8 Å². The van der Waals surface area contributed by atoms with Crippen LogP contribution in [0.25, 0.3) is 10.4 Å². The minimum Gasteiger partial charge on any atom is -0.475 e. The lowest BCUT2D eigenvalue weighted by Crippen LogP contribution is -2.44. The highest BCUT2D eigenvalue weighted by Crippen LogP contribution is 2.31. The maximum Gasteiger partial charge on any atom is 0.490 e. The third-order valence-electron chi connectivity index (χ3n) is 5.76. The van der Waals surface area contributed by atoms with Crippen LogP contribution in [0.1, 0.15) is 33.6 Å². The molecule has 1 saturated heterocycles. The highest BCUT2D eigenvalue weighted by molar-refractivity contribution is 7.17. The molecule has 0 atom stereocenters. The van der Waals surface area contributed by atoms with Crippen molar-refractivity contribution in [2.45, 2.75) is 37.8 Å². The SMILES string of the molecule is O=C(NC1CCN(Cc2cccc(C(F)(F)F)c2)CC1)c1ccc(-c2cccc(Cl)c2)s1.O=C(O)C(F)(F)F. The first-order chi connectivity index (χ1) is 18.2. The monoisotopic (exact) mass is 592 g/mol. The number of hydrogen-bond donors (Lipinski definition) is 2. The summed E-state index contributed by atoms with van der Waals surface area (Å²) in [4.78, 5) is 25.3. The van der Waals surface area contributed by atoms with E-state index in [0.717, 1.165) is 42.4 Å². The molecular formula is C26H23ClF6N2O3S. The molecular weight excluding hydrogens is 570 g/mol. The lowest BCUT2D eigenvalue weighted by molar-refractivity contribution is -0.192. The van der Waals surface area contributed by atoms with E-state index in [1.807, 2.05) is 36.4 Å². The van der Waals surface area contributed by atoms with E-state index < -0.39 is 23.9 Å². The summed E-state index contributed by atoms with van der Waals surface area (Å²) in [7, 11) is 0. The summed E-state index contributed by atoms with van der Waals surface area (Å²) in [5, 5.41) is 10.9. The Morgan fingerprint density at radius 2 is 1.62 bits per heavy atom. The number of piperidine rings is 1. The first-order valence-electron chi connectivity index (χ1n) is 11.6. The summed E-state index contributed by atoms with van der Waals surface area (Å²) in [6.45, 7) is 1.91. The molecule has 2 heterocycles. The van der Waals surface area contributed by atoms with Crippen molar-refractivity contribution in [3.8, 4) is 10.4 Å². The van der Waals surface area contributed by atoms with Crippen molar-refractivity contribution < 1.29 is 41.0 Å². The van der Waals surface area contributed by atoms with E-state index in [9.17, 15) is 31.1 Å². The Morgan fingerprint density at radius 1 is 0.974 bits per heavy atom. The number of nitrogens with zero attached hydrogens (tertiary/aromatic N) is 1. The Balaban J connectivity index is 0.000000532. The summed E-state index contributed by atoms with van der Waals surface area (Å²) >= 11 is 7.48. The molecule has 0 aliphatic carbocycles. The van der Waals surface area contributed by atoms with Crippen LogP contribution in [0.15, 0.2) is 60.7 Å². The molecule has 0 saturated carbocycles.